The number of rotatable bonds is 8. The Kier molecular flexibility index (Phi) is 7.05. The number of hydrogen-bond acceptors (Lipinski definition) is 2. The van der Waals surface area contributed by atoms with Gasteiger partial charge in [0.15, 0.2) is 0 Å². The molecule has 0 N–H and O–H groups in total. The molecule has 0 unspecified atom stereocenters. The van der Waals surface area contributed by atoms with Crippen LogP contribution in [0.4, 0.5) is 4.39 Å². The first kappa shape index (κ1) is 19.2. The zero-order chi connectivity index (χ0) is 18.9. The molecule has 0 heterocycles. The van der Waals surface area contributed by atoms with Crippen LogP contribution in [-0.2, 0) is 23.6 Å². The lowest BCUT2D eigenvalue weighted by atomic mass is 10.1. The molecule has 3 aromatic carbocycles. The predicted octanol–water partition coefficient (Wildman–Crippen LogP) is 5.29. The summed E-state index contributed by atoms with van der Waals surface area (Å²) >= 11 is 1.56. The number of nitrogens with zero attached hydrogens (tertiary/aromatic N) is 1. The monoisotopic (exact) mass is 379 g/mol. The van der Waals surface area contributed by atoms with Gasteiger partial charge in [-0.15, -0.1) is 11.8 Å². The van der Waals surface area contributed by atoms with E-state index in [1.165, 1.54) is 12.1 Å². The Morgan fingerprint density at radius 3 is 1.78 bits per heavy atom. The summed E-state index contributed by atoms with van der Waals surface area (Å²) in [7, 11) is 0. The van der Waals surface area contributed by atoms with Crippen molar-refractivity contribution in [3.05, 3.63) is 107 Å². The van der Waals surface area contributed by atoms with Gasteiger partial charge < -0.3 is 4.90 Å². The van der Waals surface area contributed by atoms with E-state index in [0.717, 1.165) is 16.7 Å². The lowest BCUT2D eigenvalue weighted by molar-refractivity contribution is -0.129. The molecule has 27 heavy (non-hydrogen) atoms. The highest BCUT2D eigenvalue weighted by atomic mass is 32.2. The molecular formula is C23H22FNOS. The SMILES string of the molecule is O=C(CSCc1ccc(F)cc1)N(Cc1ccccc1)Cc1ccccc1. The third kappa shape index (κ3) is 6.26. The molecule has 0 spiro atoms. The topological polar surface area (TPSA) is 20.3 Å². The quantitative estimate of drug-likeness (QED) is 0.530. The Bertz CT molecular complexity index is 796. The van der Waals surface area contributed by atoms with Crippen LogP contribution < -0.4 is 0 Å². The van der Waals surface area contributed by atoms with Crippen molar-refractivity contribution in [3.8, 4) is 0 Å². The maximum Gasteiger partial charge on any atom is 0.233 e. The van der Waals surface area contributed by atoms with Crippen molar-refractivity contribution < 1.29 is 9.18 Å². The van der Waals surface area contributed by atoms with Crippen molar-refractivity contribution in [2.45, 2.75) is 18.8 Å². The first-order valence-corrected chi connectivity index (χ1v) is 10.0. The van der Waals surface area contributed by atoms with E-state index in [0.29, 0.717) is 24.6 Å². The summed E-state index contributed by atoms with van der Waals surface area (Å²) in [6.45, 7) is 1.18. The molecule has 0 fully saturated rings. The molecule has 3 aromatic rings. The number of benzene rings is 3. The molecule has 0 radical (unpaired) electrons. The Labute approximate surface area is 164 Å². The normalized spacial score (nSPS) is 10.6. The lowest BCUT2D eigenvalue weighted by Crippen LogP contribution is -2.31. The first-order chi connectivity index (χ1) is 13.2. The Morgan fingerprint density at radius 2 is 1.26 bits per heavy atom. The van der Waals surface area contributed by atoms with Gasteiger partial charge >= 0.3 is 0 Å². The third-order valence-electron chi connectivity index (χ3n) is 4.19. The summed E-state index contributed by atoms with van der Waals surface area (Å²) in [4.78, 5) is 14.7. The Balaban J connectivity index is 1.61. The summed E-state index contributed by atoms with van der Waals surface area (Å²) in [5.74, 6) is 0.958. The molecule has 0 aromatic heterocycles. The second-order valence-electron chi connectivity index (χ2n) is 6.34. The van der Waals surface area contributed by atoms with E-state index in [1.54, 1.807) is 23.9 Å². The number of carbonyl (C=O) groups is 1. The summed E-state index contributed by atoms with van der Waals surface area (Å²) < 4.78 is 13.0. The van der Waals surface area contributed by atoms with Crippen LogP contribution in [-0.4, -0.2) is 16.6 Å². The van der Waals surface area contributed by atoms with Crippen LogP contribution in [0, 0.1) is 5.82 Å². The van der Waals surface area contributed by atoms with Crippen molar-refractivity contribution in [1.29, 1.82) is 0 Å². The van der Waals surface area contributed by atoms with Crippen LogP contribution in [0.3, 0.4) is 0 Å². The average molecular weight is 380 g/mol. The van der Waals surface area contributed by atoms with Crippen LogP contribution in [0.2, 0.25) is 0 Å². The van der Waals surface area contributed by atoms with Crippen molar-refractivity contribution >= 4 is 17.7 Å². The third-order valence-corrected chi connectivity index (χ3v) is 5.18. The van der Waals surface area contributed by atoms with E-state index < -0.39 is 0 Å². The summed E-state index contributed by atoms with van der Waals surface area (Å²) in [6.07, 6.45) is 0. The predicted molar refractivity (Wildman–Crippen MR) is 110 cm³/mol. The zero-order valence-electron chi connectivity index (χ0n) is 15.1. The smallest absolute Gasteiger partial charge is 0.233 e. The van der Waals surface area contributed by atoms with Crippen LogP contribution in [0.25, 0.3) is 0 Å². The van der Waals surface area contributed by atoms with Gasteiger partial charge in [0, 0.05) is 18.8 Å². The molecule has 0 bridgehead atoms. The van der Waals surface area contributed by atoms with E-state index in [1.807, 2.05) is 65.6 Å². The molecule has 0 saturated carbocycles. The fraction of sp³-hybridized carbons (Fsp3) is 0.174. The number of carbonyl (C=O) groups excluding carboxylic acids is 1. The highest BCUT2D eigenvalue weighted by molar-refractivity contribution is 7.99. The van der Waals surface area contributed by atoms with Crippen molar-refractivity contribution in [2.75, 3.05) is 5.75 Å². The van der Waals surface area contributed by atoms with E-state index in [2.05, 4.69) is 0 Å². The highest BCUT2D eigenvalue weighted by Crippen LogP contribution is 2.16. The molecule has 0 aliphatic carbocycles. The molecule has 0 aliphatic heterocycles. The Hall–Kier alpha value is -2.59. The minimum Gasteiger partial charge on any atom is -0.333 e. The van der Waals surface area contributed by atoms with E-state index in [9.17, 15) is 9.18 Å². The van der Waals surface area contributed by atoms with Gasteiger partial charge in [0.25, 0.3) is 0 Å². The number of hydrogen-bond donors (Lipinski definition) is 0. The van der Waals surface area contributed by atoms with Crippen LogP contribution in [0.15, 0.2) is 84.9 Å². The molecule has 4 heteroatoms. The second kappa shape index (κ2) is 9.93. The molecule has 0 aliphatic rings. The maximum atomic E-state index is 13.0. The Morgan fingerprint density at radius 1 is 0.741 bits per heavy atom. The molecule has 3 rings (SSSR count). The molecular weight excluding hydrogens is 357 g/mol. The van der Waals surface area contributed by atoms with Gasteiger partial charge in [-0.05, 0) is 28.8 Å². The fourth-order valence-corrected chi connectivity index (χ4v) is 3.66. The summed E-state index contributed by atoms with van der Waals surface area (Å²) in [5, 5.41) is 0. The lowest BCUT2D eigenvalue weighted by Gasteiger charge is -2.23. The number of amides is 1. The second-order valence-corrected chi connectivity index (χ2v) is 7.33. The minimum atomic E-state index is -0.239. The van der Waals surface area contributed by atoms with Gasteiger partial charge in [0.1, 0.15) is 5.82 Å². The van der Waals surface area contributed by atoms with Crippen LogP contribution >= 0.6 is 11.8 Å². The summed E-state index contributed by atoms with van der Waals surface area (Å²) in [5.41, 5.74) is 3.25. The van der Waals surface area contributed by atoms with Crippen molar-refractivity contribution in [2.24, 2.45) is 0 Å². The number of halogens is 1. The molecule has 138 valence electrons. The molecule has 0 atom stereocenters. The van der Waals surface area contributed by atoms with Crippen molar-refractivity contribution in [3.63, 3.8) is 0 Å². The number of thioether (sulfide) groups is 1. The zero-order valence-corrected chi connectivity index (χ0v) is 15.9. The van der Waals surface area contributed by atoms with Gasteiger partial charge in [0.2, 0.25) is 5.91 Å². The molecule has 2 nitrogen and oxygen atoms in total. The molecule has 1 amide bonds. The van der Waals surface area contributed by atoms with Crippen LogP contribution in [0.5, 0.6) is 0 Å². The van der Waals surface area contributed by atoms with Gasteiger partial charge in [-0.2, -0.15) is 0 Å². The summed E-state index contributed by atoms with van der Waals surface area (Å²) in [6, 6.07) is 26.5. The van der Waals surface area contributed by atoms with Gasteiger partial charge in [-0.3, -0.25) is 4.79 Å². The standard InChI is InChI=1S/C23H22FNOS/c24-22-13-11-21(12-14-22)17-27-18-23(26)25(15-19-7-3-1-4-8-19)16-20-9-5-2-6-10-20/h1-14H,15-18H2. The van der Waals surface area contributed by atoms with Crippen LogP contribution in [0.1, 0.15) is 16.7 Å². The van der Waals surface area contributed by atoms with Gasteiger partial charge in [0.05, 0.1) is 5.75 Å². The average Bonchev–Trinajstić information content (AvgIpc) is 2.70. The maximum absolute atomic E-state index is 13.0. The van der Waals surface area contributed by atoms with E-state index in [4.69, 9.17) is 0 Å². The minimum absolute atomic E-state index is 0.106. The van der Waals surface area contributed by atoms with Gasteiger partial charge in [-0.1, -0.05) is 72.8 Å². The first-order valence-electron chi connectivity index (χ1n) is 8.88. The largest absolute Gasteiger partial charge is 0.333 e. The van der Waals surface area contributed by atoms with Crippen molar-refractivity contribution in [1.82, 2.24) is 4.90 Å². The molecule has 0 saturated heterocycles. The van der Waals surface area contributed by atoms with E-state index in [-0.39, 0.29) is 11.7 Å². The van der Waals surface area contributed by atoms with Gasteiger partial charge in [-0.25, -0.2) is 4.39 Å². The fourth-order valence-electron chi connectivity index (χ4n) is 2.77. The van der Waals surface area contributed by atoms with E-state index >= 15 is 0 Å². The highest BCUT2D eigenvalue weighted by Gasteiger charge is 2.14.